The van der Waals surface area contributed by atoms with Crippen molar-refractivity contribution >= 4 is 13.5 Å². The van der Waals surface area contributed by atoms with Crippen LogP contribution in [0.3, 0.4) is 0 Å². The quantitative estimate of drug-likeness (QED) is 0.405. The van der Waals surface area contributed by atoms with Gasteiger partial charge in [-0.25, -0.2) is 5.09 Å². The molecule has 1 fully saturated rings. The minimum atomic E-state index is -3.48. The number of hydrogen-bond donors (Lipinski definition) is 1. The summed E-state index contributed by atoms with van der Waals surface area (Å²) in [4.78, 5) is 14.5. The average molecular weight is 455 g/mol. The van der Waals surface area contributed by atoms with Crippen LogP contribution in [0.25, 0.3) is 0 Å². The highest BCUT2D eigenvalue weighted by atomic mass is 31.2. The summed E-state index contributed by atoms with van der Waals surface area (Å²) in [7, 11) is -3.48. The van der Waals surface area contributed by atoms with Gasteiger partial charge in [0.05, 0.1) is 19.3 Å². The van der Waals surface area contributed by atoms with Gasteiger partial charge in [-0.3, -0.25) is 14.3 Å². The van der Waals surface area contributed by atoms with Gasteiger partial charge in [-0.1, -0.05) is 45.9 Å². The van der Waals surface area contributed by atoms with E-state index in [2.05, 4.69) is 37.7 Å². The SMILES string of the molecule is CC(C)OC(=O)C(C)NP(=O)(CN1CCOCC1)Oc1c(C(C)C)cccc1C(C)C. The van der Waals surface area contributed by atoms with Gasteiger partial charge in [0, 0.05) is 13.1 Å². The summed E-state index contributed by atoms with van der Waals surface area (Å²) in [5.41, 5.74) is 2.01. The zero-order valence-corrected chi connectivity index (χ0v) is 20.9. The number of nitrogens with one attached hydrogen (secondary N) is 1. The Hall–Kier alpha value is -1.40. The van der Waals surface area contributed by atoms with Crippen molar-refractivity contribution in [3.05, 3.63) is 29.3 Å². The first-order chi connectivity index (χ1) is 14.5. The molecule has 0 amide bonds. The summed E-state index contributed by atoms with van der Waals surface area (Å²) in [5.74, 6) is 0.616. The van der Waals surface area contributed by atoms with Crippen LogP contribution in [0.4, 0.5) is 0 Å². The molecule has 31 heavy (non-hydrogen) atoms. The smallest absolute Gasteiger partial charge is 0.331 e. The molecule has 1 heterocycles. The molecule has 8 heteroatoms. The van der Waals surface area contributed by atoms with Gasteiger partial charge in [0.2, 0.25) is 0 Å². The molecule has 0 radical (unpaired) electrons. The molecule has 0 saturated carbocycles. The first-order valence-corrected chi connectivity index (χ1v) is 13.0. The Morgan fingerprint density at radius 3 is 2.10 bits per heavy atom. The third-order valence-electron chi connectivity index (χ3n) is 5.14. The summed E-state index contributed by atoms with van der Waals surface area (Å²) in [6.07, 6.45) is -0.0508. The van der Waals surface area contributed by atoms with E-state index in [1.54, 1.807) is 20.8 Å². The Morgan fingerprint density at radius 2 is 1.61 bits per heavy atom. The Balaban J connectivity index is 2.39. The highest BCUT2D eigenvalue weighted by molar-refractivity contribution is 7.57. The minimum Gasteiger partial charge on any atom is -0.462 e. The molecule has 1 aliphatic rings. The predicted octanol–water partition coefficient (Wildman–Crippen LogP) is 4.72. The van der Waals surface area contributed by atoms with Crippen LogP contribution in [0.2, 0.25) is 0 Å². The molecule has 1 aliphatic heterocycles. The third kappa shape index (κ3) is 7.60. The molecule has 176 valence electrons. The number of morpholine rings is 1. The highest BCUT2D eigenvalue weighted by Gasteiger charge is 2.35. The molecule has 2 atom stereocenters. The van der Waals surface area contributed by atoms with Gasteiger partial charge in [-0.2, -0.15) is 0 Å². The second kappa shape index (κ2) is 11.5. The number of carbonyl (C=O) groups excluding carboxylic acids is 1. The van der Waals surface area contributed by atoms with Crippen molar-refractivity contribution in [2.75, 3.05) is 32.6 Å². The van der Waals surface area contributed by atoms with E-state index in [9.17, 15) is 9.36 Å². The Labute approximate surface area is 187 Å². The van der Waals surface area contributed by atoms with E-state index in [4.69, 9.17) is 14.0 Å². The van der Waals surface area contributed by atoms with Crippen LogP contribution in [-0.4, -0.2) is 55.6 Å². The van der Waals surface area contributed by atoms with Crippen molar-refractivity contribution in [3.8, 4) is 5.75 Å². The molecular weight excluding hydrogens is 415 g/mol. The molecule has 1 N–H and O–H groups in total. The maximum Gasteiger partial charge on any atom is 0.331 e. The number of esters is 1. The molecule has 1 aromatic carbocycles. The molecule has 7 nitrogen and oxygen atoms in total. The van der Waals surface area contributed by atoms with Crippen LogP contribution in [0.1, 0.15) is 71.4 Å². The maximum absolute atomic E-state index is 14.2. The van der Waals surface area contributed by atoms with Crippen LogP contribution in [0.5, 0.6) is 5.75 Å². The first kappa shape index (κ1) is 25.9. The van der Waals surface area contributed by atoms with E-state index in [1.165, 1.54) is 0 Å². The number of nitrogens with zero attached hydrogens (tertiary/aromatic N) is 1. The van der Waals surface area contributed by atoms with Gasteiger partial charge < -0.3 is 14.0 Å². The van der Waals surface area contributed by atoms with E-state index in [1.807, 2.05) is 18.2 Å². The van der Waals surface area contributed by atoms with Crippen LogP contribution in [-0.2, 0) is 18.8 Å². The number of ether oxygens (including phenoxy) is 2. The molecule has 0 aliphatic carbocycles. The largest absolute Gasteiger partial charge is 0.462 e. The zero-order valence-electron chi connectivity index (χ0n) is 20.0. The topological polar surface area (TPSA) is 77.1 Å². The van der Waals surface area contributed by atoms with Crippen molar-refractivity contribution in [2.45, 2.75) is 72.4 Å². The van der Waals surface area contributed by atoms with Crippen LogP contribution < -0.4 is 9.61 Å². The molecule has 2 unspecified atom stereocenters. The Kier molecular flexibility index (Phi) is 9.56. The summed E-state index contributed by atoms with van der Waals surface area (Å²) in [5, 5.41) is 3.00. The molecule has 0 aromatic heterocycles. The Bertz CT molecular complexity index is 749. The van der Waals surface area contributed by atoms with E-state index in [-0.39, 0.29) is 24.2 Å². The van der Waals surface area contributed by atoms with Crippen molar-refractivity contribution in [1.29, 1.82) is 0 Å². The van der Waals surface area contributed by atoms with Gasteiger partial charge in [0.15, 0.2) is 0 Å². The lowest BCUT2D eigenvalue weighted by molar-refractivity contribution is -0.149. The van der Waals surface area contributed by atoms with Gasteiger partial charge in [-0.05, 0) is 43.7 Å². The number of benzene rings is 1. The predicted molar refractivity (Wildman–Crippen MR) is 124 cm³/mol. The van der Waals surface area contributed by atoms with Crippen LogP contribution in [0, 0.1) is 0 Å². The summed E-state index contributed by atoms with van der Waals surface area (Å²) in [6.45, 7) is 16.1. The fourth-order valence-corrected chi connectivity index (χ4v) is 5.72. The fourth-order valence-electron chi connectivity index (χ4n) is 3.52. The summed E-state index contributed by atoms with van der Waals surface area (Å²) < 4.78 is 31.3. The van der Waals surface area contributed by atoms with E-state index in [0.29, 0.717) is 32.1 Å². The lowest BCUT2D eigenvalue weighted by Crippen LogP contribution is -2.42. The van der Waals surface area contributed by atoms with Gasteiger partial charge in [0.25, 0.3) is 0 Å². The second-order valence-corrected chi connectivity index (χ2v) is 11.1. The normalized spacial score (nSPS) is 18.3. The number of carbonyl (C=O) groups is 1. The minimum absolute atomic E-state index is 0.194. The van der Waals surface area contributed by atoms with Gasteiger partial charge in [-0.15, -0.1) is 0 Å². The van der Waals surface area contributed by atoms with Crippen LogP contribution in [0.15, 0.2) is 18.2 Å². The number of hydrogen-bond acceptors (Lipinski definition) is 6. The molecule has 0 bridgehead atoms. The van der Waals surface area contributed by atoms with Crippen molar-refractivity contribution in [1.82, 2.24) is 9.99 Å². The molecule has 0 spiro atoms. The van der Waals surface area contributed by atoms with Crippen molar-refractivity contribution < 1.29 is 23.4 Å². The number of para-hydroxylation sites is 1. The maximum atomic E-state index is 14.2. The highest BCUT2D eigenvalue weighted by Crippen LogP contribution is 2.48. The zero-order chi connectivity index (χ0) is 23.2. The summed E-state index contributed by atoms with van der Waals surface area (Å²) in [6, 6.07) is 5.28. The van der Waals surface area contributed by atoms with E-state index >= 15 is 0 Å². The summed E-state index contributed by atoms with van der Waals surface area (Å²) >= 11 is 0. The standard InChI is InChI=1S/C23H39N2O5P/c1-16(2)20-9-8-10-21(17(3)4)22(20)30-31(27,15-25-11-13-28-14-12-25)24-19(7)23(26)29-18(5)6/h8-10,16-19H,11-15H2,1-7H3,(H,24,27). The van der Waals surface area contributed by atoms with Gasteiger partial charge >= 0.3 is 13.5 Å². The average Bonchev–Trinajstić information content (AvgIpc) is 2.67. The third-order valence-corrected chi connectivity index (χ3v) is 7.17. The monoisotopic (exact) mass is 454 g/mol. The second-order valence-electron chi connectivity index (χ2n) is 9.05. The first-order valence-electron chi connectivity index (χ1n) is 11.2. The van der Waals surface area contributed by atoms with E-state index in [0.717, 1.165) is 11.1 Å². The van der Waals surface area contributed by atoms with Crippen LogP contribution >= 0.6 is 7.52 Å². The lowest BCUT2D eigenvalue weighted by Gasteiger charge is -2.33. The van der Waals surface area contributed by atoms with Crippen molar-refractivity contribution in [3.63, 3.8) is 0 Å². The lowest BCUT2D eigenvalue weighted by atomic mass is 9.94. The molecule has 1 aromatic rings. The fraction of sp³-hybridized carbons (Fsp3) is 0.696. The van der Waals surface area contributed by atoms with Crippen molar-refractivity contribution in [2.24, 2.45) is 0 Å². The Morgan fingerprint density at radius 1 is 1.06 bits per heavy atom. The van der Waals surface area contributed by atoms with E-state index < -0.39 is 19.5 Å². The van der Waals surface area contributed by atoms with Gasteiger partial charge in [0.1, 0.15) is 18.1 Å². The molecular formula is C23H39N2O5P. The molecule has 1 saturated heterocycles. The molecule has 2 rings (SSSR count). The number of rotatable bonds is 10.